The highest BCUT2D eigenvalue weighted by atomic mass is 16.5. The van der Waals surface area contributed by atoms with Crippen molar-refractivity contribution in [2.24, 2.45) is 0 Å². The molecular weight excluding hydrogens is 270 g/mol. The number of hydrogen-bond acceptors (Lipinski definition) is 3. The molecular formula is C16H19NO4. The predicted octanol–water partition coefficient (Wildman–Crippen LogP) is 1.59. The van der Waals surface area contributed by atoms with Crippen LogP contribution in [0.5, 0.6) is 0 Å². The molecule has 2 aliphatic rings. The number of rotatable bonds is 2. The quantitative estimate of drug-likeness (QED) is 0.898. The van der Waals surface area contributed by atoms with Crippen LogP contribution in [0.2, 0.25) is 0 Å². The van der Waals surface area contributed by atoms with Crippen LogP contribution < -0.4 is 0 Å². The number of carbonyl (C=O) groups excluding carboxylic acids is 1. The van der Waals surface area contributed by atoms with Crippen LogP contribution in [0.4, 0.5) is 0 Å². The van der Waals surface area contributed by atoms with Gasteiger partial charge in [-0.3, -0.25) is 4.79 Å². The van der Waals surface area contributed by atoms with Gasteiger partial charge in [0.05, 0.1) is 6.10 Å². The summed E-state index contributed by atoms with van der Waals surface area (Å²) in [4.78, 5) is 25.6. The van der Waals surface area contributed by atoms with Crippen LogP contribution in [-0.2, 0) is 27.3 Å². The minimum absolute atomic E-state index is 0.0688. The van der Waals surface area contributed by atoms with E-state index < -0.39 is 18.1 Å². The SMILES string of the molecule is CC1CCC(C(=O)N2Cc3ccccc3C[C@H]2C(=O)O)O1. The van der Waals surface area contributed by atoms with E-state index >= 15 is 0 Å². The molecule has 1 aromatic carbocycles. The van der Waals surface area contributed by atoms with Crippen molar-refractivity contribution in [2.75, 3.05) is 0 Å². The average molecular weight is 289 g/mol. The van der Waals surface area contributed by atoms with Gasteiger partial charge in [0.1, 0.15) is 12.1 Å². The molecule has 21 heavy (non-hydrogen) atoms. The molecule has 0 bridgehead atoms. The molecule has 0 aliphatic carbocycles. The van der Waals surface area contributed by atoms with Gasteiger partial charge in [0.15, 0.2) is 0 Å². The molecule has 1 fully saturated rings. The number of nitrogens with zero attached hydrogens (tertiary/aromatic N) is 1. The molecule has 0 radical (unpaired) electrons. The first-order chi connectivity index (χ1) is 10.1. The number of benzene rings is 1. The van der Waals surface area contributed by atoms with E-state index in [1.165, 1.54) is 4.90 Å². The van der Waals surface area contributed by atoms with Crippen molar-refractivity contribution < 1.29 is 19.4 Å². The Balaban J connectivity index is 1.85. The van der Waals surface area contributed by atoms with Gasteiger partial charge in [-0.1, -0.05) is 24.3 Å². The van der Waals surface area contributed by atoms with E-state index in [1.807, 2.05) is 31.2 Å². The molecule has 1 aromatic rings. The molecule has 0 spiro atoms. The number of carboxylic acids is 1. The van der Waals surface area contributed by atoms with Gasteiger partial charge in [-0.2, -0.15) is 0 Å². The fourth-order valence-electron chi connectivity index (χ4n) is 3.14. The van der Waals surface area contributed by atoms with E-state index in [4.69, 9.17) is 4.74 Å². The molecule has 0 aromatic heterocycles. The molecule has 112 valence electrons. The van der Waals surface area contributed by atoms with E-state index in [1.54, 1.807) is 0 Å². The first-order valence-electron chi connectivity index (χ1n) is 7.32. The second kappa shape index (κ2) is 5.48. The summed E-state index contributed by atoms with van der Waals surface area (Å²) in [5.74, 6) is -1.15. The highest BCUT2D eigenvalue weighted by Gasteiger charge is 2.39. The van der Waals surface area contributed by atoms with Crippen molar-refractivity contribution in [2.45, 2.75) is 51.0 Å². The van der Waals surface area contributed by atoms with E-state index in [9.17, 15) is 14.7 Å². The summed E-state index contributed by atoms with van der Waals surface area (Å²) in [5.41, 5.74) is 2.03. The lowest BCUT2D eigenvalue weighted by atomic mass is 9.93. The van der Waals surface area contributed by atoms with Crippen molar-refractivity contribution in [1.82, 2.24) is 4.90 Å². The molecule has 3 atom stereocenters. The summed E-state index contributed by atoms with van der Waals surface area (Å²) in [7, 11) is 0. The van der Waals surface area contributed by atoms with Crippen LogP contribution >= 0.6 is 0 Å². The number of ether oxygens (including phenoxy) is 1. The Hall–Kier alpha value is -1.88. The minimum atomic E-state index is -0.955. The zero-order valence-electron chi connectivity index (χ0n) is 12.0. The first kappa shape index (κ1) is 14.1. The third kappa shape index (κ3) is 2.65. The van der Waals surface area contributed by atoms with E-state index in [2.05, 4.69) is 0 Å². The molecule has 2 aliphatic heterocycles. The van der Waals surface area contributed by atoms with Gasteiger partial charge in [0.2, 0.25) is 0 Å². The van der Waals surface area contributed by atoms with Gasteiger partial charge in [0, 0.05) is 13.0 Å². The first-order valence-corrected chi connectivity index (χ1v) is 7.32. The Morgan fingerprint density at radius 3 is 2.57 bits per heavy atom. The maximum Gasteiger partial charge on any atom is 0.326 e. The molecule has 2 heterocycles. The Kier molecular flexibility index (Phi) is 3.68. The van der Waals surface area contributed by atoms with Crippen molar-refractivity contribution in [3.05, 3.63) is 35.4 Å². The molecule has 1 amide bonds. The van der Waals surface area contributed by atoms with E-state index in [0.717, 1.165) is 17.5 Å². The van der Waals surface area contributed by atoms with Gasteiger partial charge in [-0.25, -0.2) is 4.79 Å². The third-order valence-corrected chi connectivity index (χ3v) is 4.32. The lowest BCUT2D eigenvalue weighted by Crippen LogP contribution is -2.51. The molecule has 5 nitrogen and oxygen atoms in total. The smallest absolute Gasteiger partial charge is 0.326 e. The van der Waals surface area contributed by atoms with Crippen molar-refractivity contribution >= 4 is 11.9 Å². The van der Waals surface area contributed by atoms with Crippen LogP contribution in [0.15, 0.2) is 24.3 Å². The summed E-state index contributed by atoms with van der Waals surface area (Å²) in [5, 5.41) is 9.44. The third-order valence-electron chi connectivity index (χ3n) is 4.32. The molecule has 0 saturated carbocycles. The second-order valence-electron chi connectivity index (χ2n) is 5.81. The fraction of sp³-hybridized carbons (Fsp3) is 0.500. The van der Waals surface area contributed by atoms with Crippen molar-refractivity contribution in [1.29, 1.82) is 0 Å². The maximum atomic E-state index is 12.6. The molecule has 5 heteroatoms. The second-order valence-corrected chi connectivity index (χ2v) is 5.81. The molecule has 3 rings (SSSR count). The lowest BCUT2D eigenvalue weighted by Gasteiger charge is -2.35. The number of carboxylic acid groups (broad SMARTS) is 1. The van der Waals surface area contributed by atoms with Crippen molar-refractivity contribution in [3.8, 4) is 0 Å². The minimum Gasteiger partial charge on any atom is -0.480 e. The number of carbonyl (C=O) groups is 2. The number of aliphatic carboxylic acids is 1. The van der Waals surface area contributed by atoms with Gasteiger partial charge >= 0.3 is 5.97 Å². The molecule has 2 unspecified atom stereocenters. The van der Waals surface area contributed by atoms with Crippen LogP contribution in [0.25, 0.3) is 0 Å². The van der Waals surface area contributed by atoms with E-state index in [-0.39, 0.29) is 12.0 Å². The van der Waals surface area contributed by atoms with Crippen LogP contribution in [0, 0.1) is 0 Å². The molecule has 1 N–H and O–H groups in total. The van der Waals surface area contributed by atoms with Crippen molar-refractivity contribution in [3.63, 3.8) is 0 Å². The van der Waals surface area contributed by atoms with Crippen LogP contribution in [0.3, 0.4) is 0 Å². The summed E-state index contributed by atoms with van der Waals surface area (Å²) in [6.07, 6.45) is 1.45. The monoisotopic (exact) mass is 289 g/mol. The van der Waals surface area contributed by atoms with Crippen LogP contribution in [-0.4, -0.2) is 40.1 Å². The summed E-state index contributed by atoms with van der Waals surface area (Å²) >= 11 is 0. The number of fused-ring (bicyclic) bond motifs is 1. The summed E-state index contributed by atoms with van der Waals surface area (Å²) in [6, 6.07) is 6.90. The van der Waals surface area contributed by atoms with Gasteiger partial charge in [0.25, 0.3) is 5.91 Å². The lowest BCUT2D eigenvalue weighted by molar-refractivity contribution is -0.156. The van der Waals surface area contributed by atoms with E-state index in [0.29, 0.717) is 19.4 Å². The maximum absolute atomic E-state index is 12.6. The normalized spacial score (nSPS) is 28.2. The highest BCUT2D eigenvalue weighted by Crippen LogP contribution is 2.27. The summed E-state index contributed by atoms with van der Waals surface area (Å²) in [6.45, 7) is 2.29. The zero-order chi connectivity index (χ0) is 15.0. The standard InChI is InChI=1S/C16H19NO4/c1-10-6-7-14(21-10)15(18)17-9-12-5-3-2-4-11(12)8-13(17)16(19)20/h2-5,10,13-14H,6-9H2,1H3,(H,19,20)/t10?,13-,14?/m0/s1. The van der Waals surface area contributed by atoms with Crippen LogP contribution in [0.1, 0.15) is 30.9 Å². The highest BCUT2D eigenvalue weighted by molar-refractivity contribution is 5.87. The Labute approximate surface area is 123 Å². The number of amides is 1. The summed E-state index contributed by atoms with van der Waals surface area (Å²) < 4.78 is 5.61. The fourth-order valence-corrected chi connectivity index (χ4v) is 3.14. The zero-order valence-corrected chi connectivity index (χ0v) is 12.0. The molecule has 1 saturated heterocycles. The largest absolute Gasteiger partial charge is 0.480 e. The average Bonchev–Trinajstić information content (AvgIpc) is 2.91. The Bertz CT molecular complexity index is 571. The van der Waals surface area contributed by atoms with Gasteiger partial charge in [-0.15, -0.1) is 0 Å². The Morgan fingerprint density at radius 1 is 1.24 bits per heavy atom. The Morgan fingerprint density at radius 2 is 1.95 bits per heavy atom. The predicted molar refractivity (Wildman–Crippen MR) is 75.7 cm³/mol. The van der Waals surface area contributed by atoms with Gasteiger partial charge < -0.3 is 14.7 Å². The van der Waals surface area contributed by atoms with Gasteiger partial charge in [-0.05, 0) is 30.9 Å². The number of hydrogen-bond donors (Lipinski definition) is 1. The topological polar surface area (TPSA) is 66.8 Å².